The highest BCUT2D eigenvalue weighted by atomic mass is 32.2. The molecule has 3 rings (SSSR count). The molecule has 0 atom stereocenters. The number of aromatic nitrogens is 2. The molecule has 6 heteroatoms. The van der Waals surface area contributed by atoms with E-state index in [1.165, 1.54) is 11.8 Å². The van der Waals surface area contributed by atoms with Crippen LogP contribution in [0.3, 0.4) is 0 Å². The monoisotopic (exact) mass is 315 g/mol. The second-order valence-electron chi connectivity index (χ2n) is 4.47. The third-order valence-corrected chi connectivity index (χ3v) is 4.50. The van der Waals surface area contributed by atoms with Crippen LogP contribution in [-0.2, 0) is 4.79 Å². The van der Waals surface area contributed by atoms with Gasteiger partial charge in [0.15, 0.2) is 0 Å². The van der Waals surface area contributed by atoms with E-state index in [1.807, 2.05) is 49.5 Å². The van der Waals surface area contributed by atoms with Gasteiger partial charge in [-0.15, -0.1) is 0 Å². The van der Waals surface area contributed by atoms with Crippen molar-refractivity contribution in [2.24, 2.45) is 0 Å². The molecule has 0 bridgehead atoms. The lowest BCUT2D eigenvalue weighted by atomic mass is 10.2. The number of benzene rings is 1. The normalized spacial score (nSPS) is 17.0. The maximum absolute atomic E-state index is 12.2. The number of rotatable bonds is 3. The SMILES string of the molecule is CCN1C(=O)/C(=C/c2cccc(-n3cccn3)c2)SC1=S. The maximum atomic E-state index is 12.2. The van der Waals surface area contributed by atoms with E-state index in [0.29, 0.717) is 15.8 Å². The smallest absolute Gasteiger partial charge is 0.266 e. The molecule has 106 valence electrons. The van der Waals surface area contributed by atoms with Crippen LogP contribution in [0.2, 0.25) is 0 Å². The Hall–Kier alpha value is -1.92. The fraction of sp³-hybridized carbons (Fsp3) is 0.133. The van der Waals surface area contributed by atoms with E-state index in [4.69, 9.17) is 12.2 Å². The van der Waals surface area contributed by atoms with Crippen LogP contribution in [-0.4, -0.2) is 31.5 Å². The molecule has 21 heavy (non-hydrogen) atoms. The van der Waals surface area contributed by atoms with Gasteiger partial charge in [0.25, 0.3) is 5.91 Å². The van der Waals surface area contributed by atoms with E-state index in [2.05, 4.69) is 5.10 Å². The standard InChI is InChI=1S/C15H13N3OS2/c1-2-17-14(19)13(21-15(17)20)10-11-5-3-6-12(9-11)18-8-4-7-16-18/h3-10H,2H2,1H3/b13-10-. The first-order valence-electron chi connectivity index (χ1n) is 6.54. The predicted molar refractivity (Wildman–Crippen MR) is 89.1 cm³/mol. The lowest BCUT2D eigenvalue weighted by Gasteiger charge is -2.09. The first-order valence-corrected chi connectivity index (χ1v) is 7.77. The first-order chi connectivity index (χ1) is 10.2. The molecule has 1 amide bonds. The first kappa shape index (κ1) is 14.0. The second kappa shape index (κ2) is 5.83. The van der Waals surface area contributed by atoms with Crippen LogP contribution in [0.5, 0.6) is 0 Å². The van der Waals surface area contributed by atoms with Crippen molar-refractivity contribution in [2.45, 2.75) is 6.92 Å². The summed E-state index contributed by atoms with van der Waals surface area (Å²) >= 11 is 6.56. The Morgan fingerprint density at radius 3 is 2.90 bits per heavy atom. The highest BCUT2D eigenvalue weighted by Gasteiger charge is 2.30. The minimum Gasteiger partial charge on any atom is -0.293 e. The Morgan fingerprint density at radius 2 is 2.24 bits per heavy atom. The third kappa shape index (κ3) is 2.77. The van der Waals surface area contributed by atoms with Crippen molar-refractivity contribution in [3.8, 4) is 5.69 Å². The molecule has 1 fully saturated rings. The number of hydrogen-bond acceptors (Lipinski definition) is 4. The summed E-state index contributed by atoms with van der Waals surface area (Å²) in [6.45, 7) is 2.53. The highest BCUT2D eigenvalue weighted by Crippen LogP contribution is 2.32. The number of thioether (sulfide) groups is 1. The number of likely N-dealkylation sites (N-methyl/N-ethyl adjacent to an activating group) is 1. The lowest BCUT2D eigenvalue weighted by molar-refractivity contribution is -0.121. The molecule has 1 aromatic heterocycles. The van der Waals surface area contributed by atoms with E-state index in [-0.39, 0.29) is 5.91 Å². The Bertz CT molecular complexity index is 722. The summed E-state index contributed by atoms with van der Waals surface area (Å²) in [6, 6.07) is 9.75. The van der Waals surface area contributed by atoms with E-state index in [0.717, 1.165) is 11.3 Å². The molecular formula is C15H13N3OS2. The number of carbonyl (C=O) groups excluding carboxylic acids is 1. The molecule has 0 radical (unpaired) electrons. The molecule has 1 aromatic carbocycles. The summed E-state index contributed by atoms with van der Waals surface area (Å²) in [5.41, 5.74) is 1.92. The minimum absolute atomic E-state index is 0.0167. The maximum Gasteiger partial charge on any atom is 0.266 e. The summed E-state index contributed by atoms with van der Waals surface area (Å²) in [4.78, 5) is 14.5. The molecule has 1 saturated heterocycles. The van der Waals surface area contributed by atoms with Crippen molar-refractivity contribution in [3.05, 3.63) is 53.2 Å². The van der Waals surface area contributed by atoms with E-state index < -0.39 is 0 Å². The number of nitrogens with zero attached hydrogens (tertiary/aromatic N) is 3. The van der Waals surface area contributed by atoms with Gasteiger partial charge < -0.3 is 0 Å². The van der Waals surface area contributed by atoms with Gasteiger partial charge >= 0.3 is 0 Å². The molecule has 1 aliphatic heterocycles. The van der Waals surface area contributed by atoms with Gasteiger partial charge in [0, 0.05) is 18.9 Å². The van der Waals surface area contributed by atoms with E-state index in [1.54, 1.807) is 15.8 Å². The van der Waals surface area contributed by atoms with Gasteiger partial charge in [-0.25, -0.2) is 4.68 Å². The lowest BCUT2D eigenvalue weighted by Crippen LogP contribution is -2.27. The summed E-state index contributed by atoms with van der Waals surface area (Å²) < 4.78 is 2.41. The summed E-state index contributed by atoms with van der Waals surface area (Å²) in [5, 5.41) is 4.21. The van der Waals surface area contributed by atoms with Crippen LogP contribution in [0, 0.1) is 0 Å². The van der Waals surface area contributed by atoms with Gasteiger partial charge in [-0.05, 0) is 36.8 Å². The van der Waals surface area contributed by atoms with Gasteiger partial charge in [0.05, 0.1) is 10.6 Å². The Balaban J connectivity index is 1.92. The van der Waals surface area contributed by atoms with Gasteiger partial charge in [-0.2, -0.15) is 5.10 Å². The number of carbonyl (C=O) groups is 1. The van der Waals surface area contributed by atoms with Gasteiger partial charge in [-0.3, -0.25) is 9.69 Å². The Kier molecular flexibility index (Phi) is 3.90. The Labute approximate surface area is 132 Å². The van der Waals surface area contributed by atoms with Crippen LogP contribution < -0.4 is 0 Å². The fourth-order valence-corrected chi connectivity index (χ4v) is 3.49. The van der Waals surface area contributed by atoms with Crippen LogP contribution in [0.25, 0.3) is 11.8 Å². The topological polar surface area (TPSA) is 38.1 Å². The predicted octanol–water partition coefficient (Wildman–Crippen LogP) is 3.09. The molecular weight excluding hydrogens is 302 g/mol. The average Bonchev–Trinajstić information content (AvgIpc) is 3.09. The van der Waals surface area contributed by atoms with Gasteiger partial charge in [0.1, 0.15) is 4.32 Å². The quantitative estimate of drug-likeness (QED) is 0.644. The van der Waals surface area contributed by atoms with E-state index in [9.17, 15) is 4.79 Å². The summed E-state index contributed by atoms with van der Waals surface area (Å²) in [6.07, 6.45) is 5.50. The molecule has 2 heterocycles. The van der Waals surface area contributed by atoms with Crippen molar-refractivity contribution in [1.29, 1.82) is 0 Å². The molecule has 1 aliphatic rings. The minimum atomic E-state index is -0.0167. The number of thiocarbonyl (C=S) groups is 1. The number of hydrogen-bond donors (Lipinski definition) is 0. The van der Waals surface area contributed by atoms with Crippen LogP contribution in [0.4, 0.5) is 0 Å². The number of amides is 1. The molecule has 0 spiro atoms. The second-order valence-corrected chi connectivity index (χ2v) is 6.15. The third-order valence-electron chi connectivity index (χ3n) is 3.13. The molecule has 2 aromatic rings. The zero-order valence-corrected chi connectivity index (χ0v) is 13.0. The highest BCUT2D eigenvalue weighted by molar-refractivity contribution is 8.26. The van der Waals surface area contributed by atoms with Crippen molar-refractivity contribution in [2.75, 3.05) is 6.54 Å². The van der Waals surface area contributed by atoms with Gasteiger partial charge in [-0.1, -0.05) is 36.1 Å². The van der Waals surface area contributed by atoms with Crippen molar-refractivity contribution >= 4 is 40.3 Å². The average molecular weight is 315 g/mol. The molecule has 0 N–H and O–H groups in total. The van der Waals surface area contributed by atoms with E-state index >= 15 is 0 Å². The van der Waals surface area contributed by atoms with Crippen molar-refractivity contribution in [3.63, 3.8) is 0 Å². The van der Waals surface area contributed by atoms with Crippen LogP contribution in [0.15, 0.2) is 47.6 Å². The van der Waals surface area contributed by atoms with Gasteiger partial charge in [0.2, 0.25) is 0 Å². The van der Waals surface area contributed by atoms with Crippen molar-refractivity contribution < 1.29 is 4.79 Å². The molecule has 0 saturated carbocycles. The summed E-state index contributed by atoms with van der Waals surface area (Å²) in [7, 11) is 0. The molecule has 4 nitrogen and oxygen atoms in total. The summed E-state index contributed by atoms with van der Waals surface area (Å²) in [5.74, 6) is -0.0167. The zero-order chi connectivity index (χ0) is 14.8. The van der Waals surface area contributed by atoms with Crippen molar-refractivity contribution in [1.82, 2.24) is 14.7 Å². The largest absolute Gasteiger partial charge is 0.293 e. The molecule has 0 unspecified atom stereocenters. The zero-order valence-electron chi connectivity index (χ0n) is 11.4. The van der Waals surface area contributed by atoms with Crippen LogP contribution in [0.1, 0.15) is 12.5 Å². The Morgan fingerprint density at radius 1 is 1.38 bits per heavy atom. The molecule has 0 aliphatic carbocycles. The fourth-order valence-electron chi connectivity index (χ4n) is 2.10. The van der Waals surface area contributed by atoms with Crippen LogP contribution >= 0.6 is 24.0 Å².